The molecule has 3 heteroatoms. The van der Waals surface area contributed by atoms with E-state index in [1.165, 1.54) is 114 Å². The largest absolute Gasteiger partial charge is 0.289 e. The lowest BCUT2D eigenvalue weighted by Gasteiger charge is -2.04. The second kappa shape index (κ2) is 24.6. The van der Waals surface area contributed by atoms with Gasteiger partial charge in [0, 0.05) is 23.6 Å². The van der Waals surface area contributed by atoms with E-state index >= 15 is 0 Å². The van der Waals surface area contributed by atoms with Crippen LogP contribution in [0, 0.1) is 0 Å². The van der Waals surface area contributed by atoms with Gasteiger partial charge in [-0.15, -0.1) is 0 Å². The number of unbranched alkanes of at least 4 members (excludes halogenated alkanes) is 14. The van der Waals surface area contributed by atoms with Gasteiger partial charge in [-0.3, -0.25) is 14.8 Å². The molecule has 0 amide bonds. The van der Waals surface area contributed by atoms with Crippen LogP contribution in [0.2, 0.25) is 0 Å². The van der Waals surface area contributed by atoms with Crippen LogP contribution in [0.1, 0.15) is 139 Å². The summed E-state index contributed by atoms with van der Waals surface area (Å²) in [5, 5.41) is 0. The Kier molecular flexibility index (Phi) is 18.6. The lowest BCUT2D eigenvalue weighted by Crippen LogP contribution is -2.05. The highest BCUT2D eigenvalue weighted by atomic mass is 16.1. The minimum absolute atomic E-state index is 0.0111. The molecule has 292 valence electrons. The SMILES string of the molecule is CCCCCCCCCCc1ccc(N=Cc2ccc(-c3ccccc(-c4ccc(C=Nc5ccc(CCCCCCCCCC)cc5)cc4)c3=O)cc2)cc1. The Bertz CT molecular complexity index is 1810. The lowest BCUT2D eigenvalue weighted by molar-refractivity contribution is 0.575. The van der Waals surface area contributed by atoms with Gasteiger partial charge in [0.25, 0.3) is 0 Å². The van der Waals surface area contributed by atoms with E-state index < -0.39 is 0 Å². The molecule has 0 atom stereocenters. The monoisotopic (exact) mass is 745 g/mol. The Hall–Kier alpha value is -4.89. The molecule has 0 aliphatic heterocycles. The van der Waals surface area contributed by atoms with Gasteiger partial charge in [-0.25, -0.2) is 0 Å². The van der Waals surface area contributed by atoms with Crippen molar-refractivity contribution >= 4 is 23.8 Å². The molecule has 0 aliphatic carbocycles. The van der Waals surface area contributed by atoms with Crippen molar-refractivity contribution in [2.75, 3.05) is 0 Å². The van der Waals surface area contributed by atoms with E-state index in [9.17, 15) is 4.79 Å². The zero-order valence-corrected chi connectivity index (χ0v) is 34.2. The number of aliphatic imine (C=N–C) groups is 2. The van der Waals surface area contributed by atoms with Crippen LogP contribution in [0.25, 0.3) is 22.3 Å². The van der Waals surface area contributed by atoms with Crippen molar-refractivity contribution in [3.63, 3.8) is 0 Å². The first-order chi connectivity index (χ1) is 27.6. The number of aryl methyl sites for hydroxylation is 2. The van der Waals surface area contributed by atoms with E-state index in [0.29, 0.717) is 11.1 Å². The lowest BCUT2D eigenvalue weighted by atomic mass is 10.0. The first-order valence-electron chi connectivity index (χ1n) is 21.7. The third-order valence-corrected chi connectivity index (χ3v) is 10.8. The quantitative estimate of drug-likeness (QED) is 0.0458. The number of nitrogens with zero attached hydrogens (tertiary/aromatic N) is 2. The molecule has 5 rings (SSSR count). The molecule has 0 N–H and O–H groups in total. The fraction of sp³-hybridized carbons (Fsp3) is 0.377. The van der Waals surface area contributed by atoms with Crippen LogP contribution >= 0.6 is 0 Å². The van der Waals surface area contributed by atoms with Gasteiger partial charge in [0.2, 0.25) is 0 Å². The summed E-state index contributed by atoms with van der Waals surface area (Å²) in [5.41, 5.74) is 9.81. The standard InChI is InChI=1S/C53H64N2O/c1-3-5-7-9-11-13-15-17-21-43-29-37-49(38-30-43)54-41-45-25-33-47(34-26-45)51-23-19-20-24-52(53(51)56)48-35-27-46(28-36-48)42-55-50-39-31-44(32-40-50)22-18-16-14-12-10-8-6-4-2/h19-20,23-42H,3-18,21-22H2,1-2H3. The van der Waals surface area contributed by atoms with Gasteiger partial charge >= 0.3 is 0 Å². The highest BCUT2D eigenvalue weighted by molar-refractivity contribution is 5.84. The van der Waals surface area contributed by atoms with Gasteiger partial charge < -0.3 is 0 Å². The maximum atomic E-state index is 13.9. The number of benzene rings is 4. The van der Waals surface area contributed by atoms with Crippen LogP contribution in [0.15, 0.2) is 136 Å². The summed E-state index contributed by atoms with van der Waals surface area (Å²) in [6.45, 7) is 4.55. The van der Waals surface area contributed by atoms with E-state index in [1.807, 2.05) is 85.2 Å². The molecule has 0 saturated carbocycles. The second-order valence-electron chi connectivity index (χ2n) is 15.4. The molecule has 0 radical (unpaired) electrons. The summed E-state index contributed by atoms with van der Waals surface area (Å²) in [5.74, 6) is 0. The first-order valence-corrected chi connectivity index (χ1v) is 21.7. The van der Waals surface area contributed by atoms with E-state index in [4.69, 9.17) is 9.98 Å². The fourth-order valence-electron chi connectivity index (χ4n) is 7.27. The number of rotatable bonds is 24. The molecule has 0 bridgehead atoms. The smallest absolute Gasteiger partial charge is 0.194 e. The molecule has 0 aromatic heterocycles. The fourth-order valence-corrected chi connectivity index (χ4v) is 7.27. The highest BCUT2D eigenvalue weighted by Crippen LogP contribution is 2.23. The van der Waals surface area contributed by atoms with Crippen LogP contribution in [0.4, 0.5) is 11.4 Å². The molecule has 5 aromatic carbocycles. The van der Waals surface area contributed by atoms with E-state index in [0.717, 1.165) is 46.5 Å². The van der Waals surface area contributed by atoms with Gasteiger partial charge in [0.15, 0.2) is 5.43 Å². The van der Waals surface area contributed by atoms with E-state index in [2.05, 4.69) is 62.4 Å². The molecule has 0 saturated heterocycles. The van der Waals surface area contributed by atoms with Gasteiger partial charge in [0.1, 0.15) is 0 Å². The van der Waals surface area contributed by atoms with Crippen LogP contribution in [0.5, 0.6) is 0 Å². The molecule has 0 heterocycles. The molecule has 0 unspecified atom stereocenters. The Balaban J connectivity index is 1.11. The average Bonchev–Trinajstić information content (AvgIpc) is 3.43. The molecular formula is C53H64N2O. The van der Waals surface area contributed by atoms with Crippen molar-refractivity contribution in [3.05, 3.63) is 154 Å². The molecule has 5 aromatic rings. The summed E-state index contributed by atoms with van der Waals surface area (Å²) in [6, 6.07) is 41.1. The Morgan fingerprint density at radius 1 is 0.393 bits per heavy atom. The van der Waals surface area contributed by atoms with Gasteiger partial charge in [-0.2, -0.15) is 0 Å². The van der Waals surface area contributed by atoms with Crippen LogP contribution in [-0.2, 0) is 12.8 Å². The van der Waals surface area contributed by atoms with Crippen molar-refractivity contribution in [2.45, 2.75) is 129 Å². The zero-order chi connectivity index (χ0) is 39.0. The summed E-state index contributed by atoms with van der Waals surface area (Å²) in [6.07, 6.45) is 27.6. The maximum Gasteiger partial charge on any atom is 0.194 e. The highest BCUT2D eigenvalue weighted by Gasteiger charge is 2.09. The molecule has 3 nitrogen and oxygen atoms in total. The summed E-state index contributed by atoms with van der Waals surface area (Å²) >= 11 is 0. The van der Waals surface area contributed by atoms with Crippen molar-refractivity contribution < 1.29 is 0 Å². The van der Waals surface area contributed by atoms with E-state index in [1.54, 1.807) is 0 Å². The minimum atomic E-state index is 0.0111. The predicted molar refractivity (Wildman–Crippen MR) is 244 cm³/mol. The summed E-state index contributed by atoms with van der Waals surface area (Å²) in [7, 11) is 0. The van der Waals surface area contributed by atoms with Crippen molar-refractivity contribution in [2.24, 2.45) is 9.98 Å². The normalized spacial score (nSPS) is 11.5. The van der Waals surface area contributed by atoms with Gasteiger partial charge in [-0.1, -0.05) is 201 Å². The van der Waals surface area contributed by atoms with Crippen molar-refractivity contribution in [3.8, 4) is 22.3 Å². The number of hydrogen-bond donors (Lipinski definition) is 0. The minimum Gasteiger partial charge on any atom is -0.289 e. The molecular weight excluding hydrogens is 681 g/mol. The zero-order valence-electron chi connectivity index (χ0n) is 34.2. The molecule has 56 heavy (non-hydrogen) atoms. The van der Waals surface area contributed by atoms with Crippen LogP contribution in [0.3, 0.4) is 0 Å². The van der Waals surface area contributed by atoms with Crippen LogP contribution < -0.4 is 5.43 Å². The van der Waals surface area contributed by atoms with Crippen LogP contribution in [-0.4, -0.2) is 12.4 Å². The summed E-state index contributed by atoms with van der Waals surface area (Å²) in [4.78, 5) is 23.3. The number of hydrogen-bond acceptors (Lipinski definition) is 3. The third-order valence-electron chi connectivity index (χ3n) is 10.8. The average molecular weight is 745 g/mol. The Morgan fingerprint density at radius 2 is 0.732 bits per heavy atom. The van der Waals surface area contributed by atoms with Gasteiger partial charge in [-0.05, 0) is 83.3 Å². The molecule has 0 spiro atoms. The van der Waals surface area contributed by atoms with Crippen molar-refractivity contribution in [1.29, 1.82) is 0 Å². The molecule has 0 aliphatic rings. The maximum absolute atomic E-state index is 13.9. The Morgan fingerprint density at radius 3 is 1.09 bits per heavy atom. The second-order valence-corrected chi connectivity index (χ2v) is 15.4. The first kappa shape index (κ1) is 42.3. The predicted octanol–water partition coefficient (Wildman–Crippen LogP) is 15.2. The topological polar surface area (TPSA) is 41.8 Å². The third kappa shape index (κ3) is 14.6. The van der Waals surface area contributed by atoms with Crippen molar-refractivity contribution in [1.82, 2.24) is 0 Å². The summed E-state index contributed by atoms with van der Waals surface area (Å²) < 4.78 is 0. The molecule has 0 fully saturated rings. The van der Waals surface area contributed by atoms with E-state index in [-0.39, 0.29) is 5.43 Å². The van der Waals surface area contributed by atoms with Gasteiger partial charge in [0.05, 0.1) is 11.4 Å². The Labute approximate surface area is 338 Å².